The summed E-state index contributed by atoms with van der Waals surface area (Å²) in [6.07, 6.45) is 54.6. The van der Waals surface area contributed by atoms with Gasteiger partial charge in [-0.25, -0.2) is 0 Å². The van der Waals surface area contributed by atoms with E-state index in [1.54, 1.807) is 0 Å². The standard InChI is InChI=1S/C46H83NO5S/c1-3-5-7-9-11-13-15-17-19-21-23-25-27-29-31-33-35-37-39-41-45(48)44(43-53(50,51)52)47-46(49)42-40-38-36-34-32-30-28-26-24-22-20-18-16-14-12-10-8-6-4-2/h6,8,12,14,18,20,24,26,30,32,44-45,48H,3-5,7,9-11,13,15-17,19,21-23,25,27-29,31,33-43H2,1-2H3,(H,47,49)(H,50,51,52)/b8-6-,14-12-,20-18-,26-24-,32-30-. The van der Waals surface area contributed by atoms with Crippen molar-refractivity contribution < 1.29 is 22.9 Å². The Balaban J connectivity index is 3.91. The second-order valence-corrected chi connectivity index (χ2v) is 16.4. The lowest BCUT2D eigenvalue weighted by Crippen LogP contribution is -2.47. The summed E-state index contributed by atoms with van der Waals surface area (Å²) in [5.41, 5.74) is 0. The molecule has 0 aromatic carbocycles. The van der Waals surface area contributed by atoms with E-state index in [0.29, 0.717) is 12.8 Å². The molecule has 0 saturated heterocycles. The van der Waals surface area contributed by atoms with Gasteiger partial charge in [-0.05, 0) is 57.8 Å². The van der Waals surface area contributed by atoms with Crippen LogP contribution in [0.25, 0.3) is 0 Å². The van der Waals surface area contributed by atoms with Crippen molar-refractivity contribution in [3.05, 3.63) is 60.8 Å². The van der Waals surface area contributed by atoms with Gasteiger partial charge in [0, 0.05) is 6.42 Å². The summed E-state index contributed by atoms with van der Waals surface area (Å²) in [4.78, 5) is 12.5. The van der Waals surface area contributed by atoms with Gasteiger partial charge in [0.15, 0.2) is 0 Å². The zero-order valence-corrected chi connectivity index (χ0v) is 35.2. The van der Waals surface area contributed by atoms with Gasteiger partial charge in [0.2, 0.25) is 5.91 Å². The Morgan fingerprint density at radius 3 is 1.32 bits per heavy atom. The second kappa shape index (κ2) is 39.7. The molecular formula is C46H83NO5S. The van der Waals surface area contributed by atoms with Crippen molar-refractivity contribution >= 4 is 16.0 Å². The van der Waals surface area contributed by atoms with E-state index in [1.807, 2.05) is 0 Å². The molecule has 0 aromatic rings. The number of hydrogen-bond donors (Lipinski definition) is 3. The predicted octanol–water partition coefficient (Wildman–Crippen LogP) is 13.2. The smallest absolute Gasteiger partial charge is 0.266 e. The third kappa shape index (κ3) is 41.1. The molecule has 2 atom stereocenters. The minimum atomic E-state index is -4.33. The van der Waals surface area contributed by atoms with Crippen LogP contribution in [-0.2, 0) is 14.9 Å². The number of hydrogen-bond acceptors (Lipinski definition) is 4. The number of rotatable bonds is 39. The molecule has 0 radical (unpaired) electrons. The van der Waals surface area contributed by atoms with E-state index in [-0.39, 0.29) is 12.3 Å². The molecule has 0 fully saturated rings. The lowest BCUT2D eigenvalue weighted by Gasteiger charge is -2.23. The summed E-state index contributed by atoms with van der Waals surface area (Å²) in [6.45, 7) is 4.42. The average Bonchev–Trinajstić information content (AvgIpc) is 3.12. The Kier molecular flexibility index (Phi) is 38.3. The SMILES string of the molecule is CC/C=C\C/C=C\C/C=C\C/C=C\C/C=C\CCCCCC(=O)NC(CS(=O)(=O)O)C(O)CCCCCCCCCCCCCCCCCCCCC. The van der Waals surface area contributed by atoms with Crippen molar-refractivity contribution in [1.82, 2.24) is 5.32 Å². The van der Waals surface area contributed by atoms with Crippen LogP contribution >= 0.6 is 0 Å². The minimum absolute atomic E-state index is 0.277. The van der Waals surface area contributed by atoms with Crippen molar-refractivity contribution in [2.75, 3.05) is 5.75 Å². The zero-order chi connectivity index (χ0) is 38.9. The first-order chi connectivity index (χ1) is 25.8. The molecule has 7 heteroatoms. The van der Waals surface area contributed by atoms with Gasteiger partial charge in [-0.15, -0.1) is 0 Å². The quantitative estimate of drug-likeness (QED) is 0.0329. The summed E-state index contributed by atoms with van der Waals surface area (Å²) in [5, 5.41) is 13.4. The number of allylic oxidation sites excluding steroid dienone is 10. The van der Waals surface area contributed by atoms with Crippen molar-refractivity contribution in [1.29, 1.82) is 0 Å². The van der Waals surface area contributed by atoms with Gasteiger partial charge in [-0.2, -0.15) is 8.42 Å². The minimum Gasteiger partial charge on any atom is -0.391 e. The molecule has 2 unspecified atom stereocenters. The van der Waals surface area contributed by atoms with Crippen LogP contribution in [-0.4, -0.2) is 41.9 Å². The Morgan fingerprint density at radius 2 is 0.906 bits per heavy atom. The molecule has 0 saturated carbocycles. The normalized spacial score (nSPS) is 13.8. The summed E-state index contributed by atoms with van der Waals surface area (Å²) in [6, 6.07) is -0.991. The van der Waals surface area contributed by atoms with E-state index in [0.717, 1.165) is 70.6 Å². The van der Waals surface area contributed by atoms with Crippen LogP contribution < -0.4 is 5.32 Å². The Hall–Kier alpha value is -1.96. The molecule has 53 heavy (non-hydrogen) atoms. The summed E-state index contributed by atoms with van der Waals surface area (Å²) >= 11 is 0. The maximum Gasteiger partial charge on any atom is 0.266 e. The number of aliphatic hydroxyl groups is 1. The van der Waals surface area contributed by atoms with Gasteiger partial charge in [0.1, 0.15) is 0 Å². The third-order valence-corrected chi connectivity index (χ3v) is 10.5. The average molecular weight is 762 g/mol. The van der Waals surface area contributed by atoms with Gasteiger partial charge in [-0.3, -0.25) is 9.35 Å². The molecule has 0 aliphatic heterocycles. The Bertz CT molecular complexity index is 1060. The van der Waals surface area contributed by atoms with Gasteiger partial charge in [0.25, 0.3) is 10.1 Å². The topological polar surface area (TPSA) is 104 Å². The van der Waals surface area contributed by atoms with Crippen LogP contribution in [0, 0.1) is 0 Å². The molecule has 0 heterocycles. The van der Waals surface area contributed by atoms with E-state index < -0.39 is 28.0 Å². The first kappa shape index (κ1) is 51.0. The van der Waals surface area contributed by atoms with E-state index in [9.17, 15) is 22.9 Å². The number of unbranched alkanes of at least 4 members (excludes halogenated alkanes) is 21. The molecule has 0 aliphatic rings. The van der Waals surface area contributed by atoms with Gasteiger partial charge in [-0.1, -0.05) is 203 Å². The molecule has 6 nitrogen and oxygen atoms in total. The predicted molar refractivity (Wildman–Crippen MR) is 230 cm³/mol. The van der Waals surface area contributed by atoms with Gasteiger partial charge < -0.3 is 10.4 Å². The van der Waals surface area contributed by atoms with Crippen LogP contribution in [0.1, 0.15) is 206 Å². The van der Waals surface area contributed by atoms with Crippen molar-refractivity contribution in [3.8, 4) is 0 Å². The van der Waals surface area contributed by atoms with Gasteiger partial charge in [0.05, 0.1) is 17.9 Å². The highest BCUT2D eigenvalue weighted by molar-refractivity contribution is 7.85. The number of nitrogens with one attached hydrogen (secondary N) is 1. The fraction of sp³-hybridized carbons (Fsp3) is 0.761. The third-order valence-electron chi connectivity index (χ3n) is 9.74. The van der Waals surface area contributed by atoms with Crippen molar-refractivity contribution in [2.24, 2.45) is 0 Å². The van der Waals surface area contributed by atoms with Crippen LogP contribution in [0.3, 0.4) is 0 Å². The summed E-state index contributed by atoms with van der Waals surface area (Å²) in [7, 11) is -4.33. The maximum absolute atomic E-state index is 12.5. The second-order valence-electron chi connectivity index (χ2n) is 14.9. The molecule has 0 bridgehead atoms. The van der Waals surface area contributed by atoms with Crippen molar-refractivity contribution in [3.63, 3.8) is 0 Å². The van der Waals surface area contributed by atoms with E-state index in [1.165, 1.54) is 103 Å². The summed E-state index contributed by atoms with van der Waals surface area (Å²) < 4.78 is 32.6. The number of carbonyl (C=O) groups is 1. The van der Waals surface area contributed by atoms with Crippen LogP contribution in [0.4, 0.5) is 0 Å². The molecule has 308 valence electrons. The lowest BCUT2D eigenvalue weighted by atomic mass is 10.0. The molecule has 0 aromatic heterocycles. The first-order valence-electron chi connectivity index (χ1n) is 22.0. The van der Waals surface area contributed by atoms with Crippen molar-refractivity contribution in [2.45, 2.75) is 219 Å². The fourth-order valence-corrected chi connectivity index (χ4v) is 7.24. The molecule has 0 rings (SSSR count). The van der Waals surface area contributed by atoms with Crippen LogP contribution in [0.5, 0.6) is 0 Å². The Morgan fingerprint density at radius 1 is 0.528 bits per heavy atom. The number of carbonyl (C=O) groups excluding carboxylic acids is 1. The largest absolute Gasteiger partial charge is 0.391 e. The molecule has 0 spiro atoms. The number of amides is 1. The highest BCUT2D eigenvalue weighted by Crippen LogP contribution is 2.16. The van der Waals surface area contributed by atoms with Gasteiger partial charge >= 0.3 is 0 Å². The first-order valence-corrected chi connectivity index (χ1v) is 23.6. The molecular weight excluding hydrogens is 679 g/mol. The Labute approximate surface area is 328 Å². The van der Waals surface area contributed by atoms with E-state index in [4.69, 9.17) is 0 Å². The van der Waals surface area contributed by atoms with Crippen LogP contribution in [0.2, 0.25) is 0 Å². The molecule has 3 N–H and O–H groups in total. The summed E-state index contributed by atoms with van der Waals surface area (Å²) in [5.74, 6) is -0.941. The highest BCUT2D eigenvalue weighted by atomic mass is 32.2. The molecule has 0 aliphatic carbocycles. The highest BCUT2D eigenvalue weighted by Gasteiger charge is 2.26. The van der Waals surface area contributed by atoms with Crippen LogP contribution in [0.15, 0.2) is 60.8 Å². The lowest BCUT2D eigenvalue weighted by molar-refractivity contribution is -0.122. The maximum atomic E-state index is 12.5. The molecule has 1 amide bonds. The van der Waals surface area contributed by atoms with E-state index in [2.05, 4.69) is 79.9 Å². The zero-order valence-electron chi connectivity index (χ0n) is 34.4. The fourth-order valence-electron chi connectivity index (χ4n) is 6.48. The number of aliphatic hydroxyl groups excluding tert-OH is 1. The monoisotopic (exact) mass is 762 g/mol. The van der Waals surface area contributed by atoms with E-state index >= 15 is 0 Å².